The molecule has 0 radical (unpaired) electrons. The Morgan fingerprint density at radius 2 is 1.62 bits per heavy atom. The molecule has 12 nitrogen and oxygen atoms in total. The molecule has 1 aliphatic heterocycles. The van der Waals surface area contributed by atoms with Crippen molar-refractivity contribution in [1.29, 1.82) is 0 Å². The Bertz CT molecular complexity index is 786. The van der Waals surface area contributed by atoms with Gasteiger partial charge in [-0.25, -0.2) is 5.21 Å². The van der Waals surface area contributed by atoms with Gasteiger partial charge in [-0.2, -0.15) is 5.23 Å². The number of quaternary nitrogens is 4. The topological polar surface area (TPSA) is 169 Å². The molecule has 126 valence electrons. The zero-order chi connectivity index (χ0) is 17.4. The van der Waals surface area contributed by atoms with Crippen LogP contribution in [0.1, 0.15) is 0 Å². The average molecular weight is 337 g/mol. The monoisotopic (exact) mass is 337 g/mol. The molecule has 4 unspecified atom stereocenters. The van der Waals surface area contributed by atoms with Crippen LogP contribution < -0.4 is 20.7 Å². The van der Waals surface area contributed by atoms with Crippen LogP contribution in [0, 0.1) is 25.7 Å². The molecule has 1 aliphatic rings. The average Bonchev–Trinajstić information content (AvgIpc) is 2.87. The van der Waals surface area contributed by atoms with Crippen molar-refractivity contribution >= 4 is 34.1 Å². The predicted octanol–water partition coefficient (Wildman–Crippen LogP) is -2.28. The molecule has 0 amide bonds. The van der Waals surface area contributed by atoms with Crippen LogP contribution >= 0.6 is 0 Å². The number of nitrogens with one attached hydrogen (secondary N) is 4. The van der Waals surface area contributed by atoms with Crippen LogP contribution in [0.15, 0.2) is 41.6 Å². The SMILES string of the molecule is O=Nc1cc([NH+]([O-])c2ccc3c(c2)[NH+]([O-])O[NH+]3[O-])ccc1[NH+]([O-])O. The van der Waals surface area contributed by atoms with E-state index in [2.05, 4.69) is 10.1 Å². The number of nitroso groups, excluding NO2 is 1. The lowest BCUT2D eigenvalue weighted by Gasteiger charge is -2.22. The lowest BCUT2D eigenvalue weighted by Crippen LogP contribution is -3.15. The molecule has 0 saturated heterocycles. The Kier molecular flexibility index (Phi) is 4.31. The maximum absolute atomic E-state index is 12.5. The molecule has 0 aromatic heterocycles. The molecule has 24 heavy (non-hydrogen) atoms. The quantitative estimate of drug-likeness (QED) is 0.238. The summed E-state index contributed by atoms with van der Waals surface area (Å²) in [6, 6.07) is 7.22. The van der Waals surface area contributed by atoms with Crippen molar-refractivity contribution in [2.75, 3.05) is 0 Å². The highest BCUT2D eigenvalue weighted by atomic mass is 17.1. The number of nitrogens with zero attached hydrogens (tertiary/aromatic N) is 1. The minimum absolute atomic E-state index is 0.0206. The van der Waals surface area contributed by atoms with Crippen molar-refractivity contribution < 1.29 is 30.9 Å². The summed E-state index contributed by atoms with van der Waals surface area (Å²) >= 11 is 0. The van der Waals surface area contributed by atoms with Crippen molar-refractivity contribution in [3.8, 4) is 0 Å². The highest BCUT2D eigenvalue weighted by Gasteiger charge is 2.31. The first kappa shape index (κ1) is 16.5. The molecule has 1 heterocycles. The Morgan fingerprint density at radius 3 is 2.29 bits per heavy atom. The Hall–Kier alpha value is -2.36. The summed E-state index contributed by atoms with van der Waals surface area (Å²) in [6.45, 7) is 0. The first-order valence-corrected chi connectivity index (χ1v) is 6.58. The maximum Gasteiger partial charge on any atom is 0.239 e. The summed E-state index contributed by atoms with van der Waals surface area (Å²) < 4.78 is 0. The second-order valence-corrected chi connectivity index (χ2v) is 4.89. The van der Waals surface area contributed by atoms with E-state index in [-0.39, 0.29) is 34.1 Å². The summed E-state index contributed by atoms with van der Waals surface area (Å²) in [7, 11) is 0. The van der Waals surface area contributed by atoms with Crippen LogP contribution in [0.25, 0.3) is 0 Å². The van der Waals surface area contributed by atoms with Gasteiger partial charge in [0.25, 0.3) is 0 Å². The van der Waals surface area contributed by atoms with Gasteiger partial charge in [-0.1, -0.05) is 0 Å². The molecular formula is C12H11N5O7. The van der Waals surface area contributed by atoms with Gasteiger partial charge in [-0.3, -0.25) is 0 Å². The summed E-state index contributed by atoms with van der Waals surface area (Å²) in [5.74, 6) is 0. The predicted molar refractivity (Wildman–Crippen MR) is 76.8 cm³/mol. The van der Waals surface area contributed by atoms with Gasteiger partial charge in [0.15, 0.2) is 11.4 Å². The molecule has 5 N–H and O–H groups in total. The van der Waals surface area contributed by atoms with E-state index in [0.717, 1.165) is 12.1 Å². The molecular weight excluding hydrogens is 326 g/mol. The van der Waals surface area contributed by atoms with E-state index >= 15 is 0 Å². The van der Waals surface area contributed by atoms with Gasteiger partial charge in [0.2, 0.25) is 11.4 Å². The van der Waals surface area contributed by atoms with Gasteiger partial charge in [0.1, 0.15) is 11.4 Å². The third kappa shape index (κ3) is 2.77. The fraction of sp³-hybridized carbons (Fsp3) is 0. The van der Waals surface area contributed by atoms with E-state index in [0.29, 0.717) is 0 Å². The summed E-state index contributed by atoms with van der Waals surface area (Å²) in [4.78, 5) is 15.2. The summed E-state index contributed by atoms with van der Waals surface area (Å²) in [5, 5.41) is 54.3. The van der Waals surface area contributed by atoms with Crippen molar-refractivity contribution in [3.05, 3.63) is 62.1 Å². The van der Waals surface area contributed by atoms with Gasteiger partial charge >= 0.3 is 0 Å². The number of hydrogen-bond acceptors (Lipinski definition) is 8. The highest BCUT2D eigenvalue weighted by Crippen LogP contribution is 2.25. The number of benzene rings is 2. The van der Waals surface area contributed by atoms with Gasteiger partial charge in [-0.05, 0) is 5.18 Å². The molecule has 0 fully saturated rings. The molecule has 3 rings (SSSR count). The second-order valence-electron chi connectivity index (χ2n) is 4.89. The normalized spacial score (nSPS) is 22.0. The fourth-order valence-electron chi connectivity index (χ4n) is 2.32. The zero-order valence-corrected chi connectivity index (χ0v) is 11.8. The minimum atomic E-state index is -1.35. The van der Waals surface area contributed by atoms with Gasteiger partial charge in [-0.15, -0.1) is 15.4 Å². The van der Waals surface area contributed by atoms with Crippen LogP contribution in [0.4, 0.5) is 34.1 Å². The first-order chi connectivity index (χ1) is 11.4. The molecule has 2 aromatic carbocycles. The molecule has 0 bridgehead atoms. The lowest BCUT2D eigenvalue weighted by molar-refractivity contribution is -1.24. The highest BCUT2D eigenvalue weighted by molar-refractivity contribution is 5.63. The summed E-state index contributed by atoms with van der Waals surface area (Å²) in [5.41, 5.74) is -0.573. The third-order valence-electron chi connectivity index (χ3n) is 3.50. The van der Waals surface area contributed by atoms with Crippen LogP contribution in [0.5, 0.6) is 0 Å². The first-order valence-electron chi connectivity index (χ1n) is 6.58. The Balaban J connectivity index is 1.97. The second kappa shape index (κ2) is 6.27. The number of fused-ring (bicyclic) bond motifs is 1. The van der Waals surface area contributed by atoms with E-state index in [1.165, 1.54) is 24.3 Å². The lowest BCUT2D eigenvalue weighted by atomic mass is 10.2. The van der Waals surface area contributed by atoms with Crippen LogP contribution in [0.3, 0.4) is 0 Å². The molecule has 2 aromatic rings. The molecule has 0 saturated carbocycles. The Morgan fingerprint density at radius 1 is 1.00 bits per heavy atom. The zero-order valence-electron chi connectivity index (χ0n) is 11.8. The fourth-order valence-corrected chi connectivity index (χ4v) is 2.32. The van der Waals surface area contributed by atoms with Crippen LogP contribution in [-0.2, 0) is 4.94 Å². The van der Waals surface area contributed by atoms with E-state index in [9.17, 15) is 25.7 Å². The summed E-state index contributed by atoms with van der Waals surface area (Å²) in [6.07, 6.45) is 0. The maximum atomic E-state index is 12.5. The van der Waals surface area contributed by atoms with E-state index in [1.54, 1.807) is 0 Å². The largest absolute Gasteiger partial charge is 0.623 e. The van der Waals surface area contributed by atoms with Gasteiger partial charge in [0.05, 0.1) is 6.07 Å². The van der Waals surface area contributed by atoms with Crippen LogP contribution in [-0.4, -0.2) is 5.21 Å². The number of hydrogen-bond donors (Lipinski definition) is 5. The molecule has 0 aliphatic carbocycles. The smallest absolute Gasteiger partial charge is 0.239 e. The van der Waals surface area contributed by atoms with E-state index in [1.807, 2.05) is 0 Å². The third-order valence-corrected chi connectivity index (χ3v) is 3.50. The molecule has 0 spiro atoms. The van der Waals surface area contributed by atoms with E-state index in [4.69, 9.17) is 5.21 Å². The number of rotatable bonds is 4. The van der Waals surface area contributed by atoms with Gasteiger partial charge in [0, 0.05) is 35.3 Å². The molecule has 4 atom stereocenters. The van der Waals surface area contributed by atoms with Crippen molar-refractivity contribution in [3.63, 3.8) is 0 Å². The van der Waals surface area contributed by atoms with Gasteiger partial charge < -0.3 is 25.9 Å². The van der Waals surface area contributed by atoms with Crippen molar-refractivity contribution in [2.45, 2.75) is 0 Å². The standard InChI is InChI=1S/C12H11N5O7/c18-13-9-5-7(1-3-10(9)15(20)21)14(19)8-2-4-11-12(6-8)17(23)24-16(11)22/h1-6,14-17,20H. The Labute approximate surface area is 133 Å². The van der Waals surface area contributed by atoms with Crippen molar-refractivity contribution in [1.82, 2.24) is 0 Å². The molecule has 12 heteroatoms. The van der Waals surface area contributed by atoms with Crippen LogP contribution in [0.2, 0.25) is 0 Å². The van der Waals surface area contributed by atoms with E-state index < -0.39 is 20.7 Å². The van der Waals surface area contributed by atoms with Crippen molar-refractivity contribution in [2.24, 2.45) is 5.18 Å². The minimum Gasteiger partial charge on any atom is -0.623 e.